The number of amides is 1. The number of benzene rings is 1. The van der Waals surface area contributed by atoms with Crippen LogP contribution in [0.5, 0.6) is 0 Å². The molecule has 1 rings (SSSR count). The Kier molecular flexibility index (Phi) is 3.60. The van der Waals surface area contributed by atoms with Gasteiger partial charge in [0.25, 0.3) is 5.91 Å². The van der Waals surface area contributed by atoms with Crippen LogP contribution in [0.3, 0.4) is 0 Å². The van der Waals surface area contributed by atoms with E-state index in [0.29, 0.717) is 0 Å². The van der Waals surface area contributed by atoms with E-state index in [1.54, 1.807) is 12.1 Å². The molecule has 3 nitrogen and oxygen atoms in total. The Labute approximate surface area is 88.7 Å². The van der Waals surface area contributed by atoms with Crippen molar-refractivity contribution < 1.29 is 9.18 Å². The summed E-state index contributed by atoms with van der Waals surface area (Å²) in [6.07, 6.45) is 0. The number of hydrogen-bond acceptors (Lipinski definition) is 2. The number of hydrogen-bond donors (Lipinski definition) is 1. The maximum atomic E-state index is 13.3. The van der Waals surface area contributed by atoms with Gasteiger partial charge in [-0.25, -0.2) is 4.39 Å². The van der Waals surface area contributed by atoms with Crippen LogP contribution in [0.2, 0.25) is 0 Å². The van der Waals surface area contributed by atoms with E-state index < -0.39 is 11.7 Å². The molecule has 0 aliphatic rings. The van der Waals surface area contributed by atoms with Crippen molar-refractivity contribution in [2.45, 2.75) is 0 Å². The van der Waals surface area contributed by atoms with Crippen LogP contribution in [0.4, 0.5) is 4.39 Å². The van der Waals surface area contributed by atoms with Gasteiger partial charge in [0.1, 0.15) is 12.4 Å². The van der Waals surface area contributed by atoms with E-state index in [-0.39, 0.29) is 16.6 Å². The van der Waals surface area contributed by atoms with E-state index in [1.807, 2.05) is 0 Å². The first-order valence-corrected chi connectivity index (χ1v) is 4.55. The van der Waals surface area contributed by atoms with Crippen LogP contribution in [-0.4, -0.2) is 12.5 Å². The second-order valence-corrected chi connectivity index (χ2v) is 3.30. The molecule has 0 unspecified atom stereocenters. The van der Waals surface area contributed by atoms with E-state index in [4.69, 9.17) is 5.26 Å². The molecule has 0 saturated carbocycles. The van der Waals surface area contributed by atoms with Gasteiger partial charge in [-0.2, -0.15) is 5.26 Å². The summed E-state index contributed by atoms with van der Waals surface area (Å²) in [6.45, 7) is -0.134. The largest absolute Gasteiger partial charge is 0.339 e. The number of nitriles is 1. The number of carbonyl (C=O) groups excluding carboxylic acids is 1. The van der Waals surface area contributed by atoms with Crippen LogP contribution in [0.25, 0.3) is 0 Å². The maximum Gasteiger partial charge on any atom is 0.255 e. The summed E-state index contributed by atoms with van der Waals surface area (Å²) < 4.78 is 13.5. The zero-order valence-electron chi connectivity index (χ0n) is 7.05. The lowest BCUT2D eigenvalue weighted by Crippen LogP contribution is -2.24. The molecule has 0 bridgehead atoms. The molecule has 5 heteroatoms. The molecular weight excluding hydrogens is 251 g/mol. The van der Waals surface area contributed by atoms with Crippen molar-refractivity contribution in [3.05, 3.63) is 34.1 Å². The van der Waals surface area contributed by atoms with Gasteiger partial charge in [0, 0.05) is 0 Å². The Morgan fingerprint density at radius 2 is 2.36 bits per heavy atom. The van der Waals surface area contributed by atoms with Crippen LogP contribution in [0, 0.1) is 17.1 Å². The molecule has 0 spiro atoms. The van der Waals surface area contributed by atoms with Crippen molar-refractivity contribution >= 4 is 21.8 Å². The Bertz CT molecular complexity index is 400. The molecule has 0 heterocycles. The first-order valence-electron chi connectivity index (χ1n) is 3.76. The molecule has 0 fully saturated rings. The number of nitrogens with one attached hydrogen (secondary N) is 1. The Morgan fingerprint density at radius 3 is 3.00 bits per heavy atom. The molecule has 0 saturated heterocycles. The van der Waals surface area contributed by atoms with Crippen molar-refractivity contribution in [3.63, 3.8) is 0 Å². The highest BCUT2D eigenvalue weighted by molar-refractivity contribution is 9.10. The zero-order chi connectivity index (χ0) is 10.6. The molecular formula is C9H6BrFN2O. The van der Waals surface area contributed by atoms with Crippen molar-refractivity contribution in [1.82, 2.24) is 5.32 Å². The lowest BCUT2D eigenvalue weighted by molar-refractivity contribution is 0.0954. The van der Waals surface area contributed by atoms with E-state index in [9.17, 15) is 9.18 Å². The molecule has 0 radical (unpaired) electrons. The van der Waals surface area contributed by atoms with Crippen molar-refractivity contribution in [2.75, 3.05) is 6.54 Å². The van der Waals surface area contributed by atoms with Crippen LogP contribution in [-0.2, 0) is 0 Å². The van der Waals surface area contributed by atoms with Gasteiger partial charge in [-0.05, 0) is 28.1 Å². The molecule has 1 amide bonds. The third kappa shape index (κ3) is 2.30. The SMILES string of the molecule is N#CCNC(=O)c1cccc(Br)c1F. The third-order valence-corrected chi connectivity index (χ3v) is 2.14. The molecule has 0 aliphatic carbocycles. The topological polar surface area (TPSA) is 52.9 Å². The minimum Gasteiger partial charge on any atom is -0.339 e. The predicted octanol–water partition coefficient (Wildman–Crippen LogP) is 1.84. The van der Waals surface area contributed by atoms with E-state index in [1.165, 1.54) is 12.1 Å². The fraction of sp³-hybridized carbons (Fsp3) is 0.111. The summed E-state index contributed by atoms with van der Waals surface area (Å²) in [7, 11) is 0. The highest BCUT2D eigenvalue weighted by Gasteiger charge is 2.12. The standard InChI is InChI=1S/C9H6BrFN2O/c10-7-3-1-2-6(8(7)11)9(14)13-5-4-12/h1-3H,5H2,(H,13,14). The van der Waals surface area contributed by atoms with Gasteiger partial charge in [0.15, 0.2) is 0 Å². The van der Waals surface area contributed by atoms with Crippen molar-refractivity contribution in [1.29, 1.82) is 5.26 Å². The quantitative estimate of drug-likeness (QED) is 0.822. The zero-order valence-corrected chi connectivity index (χ0v) is 8.64. The van der Waals surface area contributed by atoms with Crippen LogP contribution >= 0.6 is 15.9 Å². The van der Waals surface area contributed by atoms with E-state index >= 15 is 0 Å². The number of nitrogens with zero attached hydrogens (tertiary/aromatic N) is 1. The average Bonchev–Trinajstić information content (AvgIpc) is 2.18. The summed E-state index contributed by atoms with van der Waals surface area (Å²) in [5, 5.41) is 10.5. The van der Waals surface area contributed by atoms with Gasteiger partial charge in [0.2, 0.25) is 0 Å². The fourth-order valence-corrected chi connectivity index (χ4v) is 1.26. The summed E-state index contributed by atoms with van der Waals surface area (Å²) in [6, 6.07) is 6.14. The molecule has 1 aromatic rings. The minimum atomic E-state index is -0.622. The van der Waals surface area contributed by atoms with Crippen LogP contribution in [0.1, 0.15) is 10.4 Å². The van der Waals surface area contributed by atoms with Gasteiger partial charge in [-0.1, -0.05) is 6.07 Å². The first kappa shape index (κ1) is 10.7. The Morgan fingerprint density at radius 1 is 1.64 bits per heavy atom. The number of halogens is 2. The normalized spacial score (nSPS) is 9.21. The van der Waals surface area contributed by atoms with Gasteiger partial charge in [0.05, 0.1) is 16.1 Å². The first-order chi connectivity index (χ1) is 6.66. The summed E-state index contributed by atoms with van der Waals surface area (Å²) in [5.74, 6) is -1.21. The summed E-state index contributed by atoms with van der Waals surface area (Å²) >= 11 is 2.96. The van der Waals surface area contributed by atoms with Crippen LogP contribution < -0.4 is 5.32 Å². The molecule has 14 heavy (non-hydrogen) atoms. The lowest BCUT2D eigenvalue weighted by Gasteiger charge is -2.03. The highest BCUT2D eigenvalue weighted by atomic mass is 79.9. The summed E-state index contributed by atoms with van der Waals surface area (Å²) in [4.78, 5) is 11.3. The molecule has 72 valence electrons. The molecule has 0 aromatic heterocycles. The summed E-state index contributed by atoms with van der Waals surface area (Å²) in [5.41, 5.74) is -0.0744. The molecule has 1 aromatic carbocycles. The number of rotatable bonds is 2. The average molecular weight is 257 g/mol. The molecule has 0 atom stereocenters. The molecule has 0 aliphatic heterocycles. The van der Waals surface area contributed by atoms with Gasteiger partial charge >= 0.3 is 0 Å². The van der Waals surface area contributed by atoms with Gasteiger partial charge in [-0.3, -0.25) is 4.79 Å². The van der Waals surface area contributed by atoms with Gasteiger partial charge < -0.3 is 5.32 Å². The van der Waals surface area contributed by atoms with Crippen molar-refractivity contribution in [2.24, 2.45) is 0 Å². The maximum absolute atomic E-state index is 13.3. The minimum absolute atomic E-state index is 0.0744. The smallest absolute Gasteiger partial charge is 0.255 e. The Balaban J connectivity index is 2.91. The Hall–Kier alpha value is -1.41. The third-order valence-electron chi connectivity index (χ3n) is 1.52. The number of carbonyl (C=O) groups is 1. The molecule has 1 N–H and O–H groups in total. The van der Waals surface area contributed by atoms with Gasteiger partial charge in [-0.15, -0.1) is 0 Å². The fourth-order valence-electron chi connectivity index (χ4n) is 0.894. The van der Waals surface area contributed by atoms with Crippen molar-refractivity contribution in [3.8, 4) is 6.07 Å². The predicted molar refractivity (Wildman–Crippen MR) is 52.0 cm³/mol. The van der Waals surface area contributed by atoms with Crippen LogP contribution in [0.15, 0.2) is 22.7 Å². The second-order valence-electron chi connectivity index (χ2n) is 2.44. The monoisotopic (exact) mass is 256 g/mol. The lowest BCUT2D eigenvalue weighted by atomic mass is 10.2. The highest BCUT2D eigenvalue weighted by Crippen LogP contribution is 2.18. The second kappa shape index (κ2) is 4.72. The van der Waals surface area contributed by atoms with E-state index in [0.717, 1.165) is 0 Å². The van der Waals surface area contributed by atoms with E-state index in [2.05, 4.69) is 21.2 Å².